The van der Waals surface area contributed by atoms with E-state index in [1.165, 1.54) is 6.42 Å². The molecule has 0 bridgehead atoms. The van der Waals surface area contributed by atoms with Crippen LogP contribution >= 0.6 is 8.53 Å². The lowest BCUT2D eigenvalue weighted by molar-refractivity contribution is 0.0985. The highest BCUT2D eigenvalue weighted by atomic mass is 31.2. The molecule has 0 saturated carbocycles. The van der Waals surface area contributed by atoms with Crippen LogP contribution in [0.2, 0.25) is 0 Å². The van der Waals surface area contributed by atoms with Gasteiger partial charge in [-0.15, -0.1) is 0 Å². The van der Waals surface area contributed by atoms with E-state index in [4.69, 9.17) is 14.3 Å². The van der Waals surface area contributed by atoms with E-state index < -0.39 is 8.53 Å². The Labute approximate surface area is 150 Å². The average Bonchev–Trinajstić information content (AvgIpc) is 2.88. The number of nitrogens with zero attached hydrogens (tertiary/aromatic N) is 3. The first-order chi connectivity index (χ1) is 11.5. The summed E-state index contributed by atoms with van der Waals surface area (Å²) in [6.45, 7) is 15.9. The van der Waals surface area contributed by atoms with Gasteiger partial charge in [0.15, 0.2) is 0 Å². The van der Waals surface area contributed by atoms with Crippen molar-refractivity contribution >= 4 is 8.53 Å². The number of nitriles is 1. The van der Waals surface area contributed by atoms with E-state index in [1.54, 1.807) is 0 Å². The quantitative estimate of drug-likeness (QED) is 0.401. The van der Waals surface area contributed by atoms with E-state index in [0.29, 0.717) is 31.2 Å². The van der Waals surface area contributed by atoms with Crippen molar-refractivity contribution in [3.05, 3.63) is 0 Å². The van der Waals surface area contributed by atoms with E-state index in [1.807, 2.05) is 0 Å². The summed E-state index contributed by atoms with van der Waals surface area (Å²) in [7, 11) is -1.13. The molecule has 0 aromatic heterocycles. The Morgan fingerprint density at radius 3 is 2.42 bits per heavy atom. The summed E-state index contributed by atoms with van der Waals surface area (Å²) in [5.74, 6) is 0. The van der Waals surface area contributed by atoms with Crippen LogP contribution in [0.3, 0.4) is 0 Å². The zero-order valence-corrected chi connectivity index (χ0v) is 17.3. The monoisotopic (exact) mass is 357 g/mol. The molecule has 140 valence electrons. The number of likely N-dealkylation sites (tertiary alicyclic amines) is 1. The largest absolute Gasteiger partial charge is 0.321 e. The molecule has 1 aliphatic heterocycles. The second kappa shape index (κ2) is 11.4. The van der Waals surface area contributed by atoms with Crippen molar-refractivity contribution in [2.45, 2.75) is 91.5 Å². The molecule has 24 heavy (non-hydrogen) atoms. The molecular formula is C18H36N3O2P. The normalized spacial score (nSPS) is 23.3. The van der Waals surface area contributed by atoms with Gasteiger partial charge in [-0.3, -0.25) is 4.90 Å². The highest BCUT2D eigenvalue weighted by Crippen LogP contribution is 2.49. The first-order valence-electron chi connectivity index (χ1n) is 9.45. The molecule has 0 aromatic rings. The molecule has 0 aliphatic carbocycles. The third-order valence-electron chi connectivity index (χ3n) is 4.42. The van der Waals surface area contributed by atoms with E-state index in [0.717, 1.165) is 25.9 Å². The minimum absolute atomic E-state index is 0.231. The van der Waals surface area contributed by atoms with Gasteiger partial charge < -0.3 is 9.05 Å². The molecule has 0 radical (unpaired) electrons. The fraction of sp³-hybridized carbons (Fsp3) is 0.944. The van der Waals surface area contributed by atoms with Crippen LogP contribution in [0.4, 0.5) is 0 Å². The number of hydrogen-bond donors (Lipinski definition) is 0. The van der Waals surface area contributed by atoms with Crippen molar-refractivity contribution in [1.29, 1.82) is 5.26 Å². The van der Waals surface area contributed by atoms with Crippen LogP contribution in [-0.4, -0.2) is 53.5 Å². The Hall–Kier alpha value is -0.240. The van der Waals surface area contributed by atoms with Crippen LogP contribution in [0.25, 0.3) is 0 Å². The van der Waals surface area contributed by atoms with Crippen molar-refractivity contribution in [3.8, 4) is 6.07 Å². The van der Waals surface area contributed by atoms with Gasteiger partial charge in [0.05, 0.1) is 25.2 Å². The molecule has 1 rings (SSSR count). The fourth-order valence-electron chi connectivity index (χ4n) is 3.51. The van der Waals surface area contributed by atoms with Crippen molar-refractivity contribution in [3.63, 3.8) is 0 Å². The maximum absolute atomic E-state index is 8.81. The Morgan fingerprint density at radius 1 is 1.25 bits per heavy atom. The summed E-state index contributed by atoms with van der Waals surface area (Å²) >= 11 is 0. The zero-order chi connectivity index (χ0) is 18.1. The average molecular weight is 357 g/mol. The predicted octanol–water partition coefficient (Wildman–Crippen LogP) is 4.54. The maximum Gasteiger partial charge on any atom is 0.259 e. The summed E-state index contributed by atoms with van der Waals surface area (Å²) in [6, 6.07) is 3.35. The van der Waals surface area contributed by atoms with Gasteiger partial charge in [0.1, 0.15) is 0 Å². The van der Waals surface area contributed by atoms with E-state index in [9.17, 15) is 0 Å². The molecule has 6 heteroatoms. The third-order valence-corrected chi connectivity index (χ3v) is 6.57. The molecule has 0 spiro atoms. The molecule has 0 N–H and O–H groups in total. The van der Waals surface area contributed by atoms with Crippen LogP contribution in [0.1, 0.15) is 67.2 Å². The summed E-state index contributed by atoms with van der Waals surface area (Å²) in [5, 5.41) is 8.81. The van der Waals surface area contributed by atoms with E-state index in [-0.39, 0.29) is 6.10 Å². The predicted molar refractivity (Wildman–Crippen MR) is 101 cm³/mol. The summed E-state index contributed by atoms with van der Waals surface area (Å²) in [5.41, 5.74) is 0. The highest BCUT2D eigenvalue weighted by Gasteiger charge is 2.38. The topological polar surface area (TPSA) is 48.7 Å². The standard InChI is InChI=1S/C18H36N3O2P/c1-7-12-20-13-10-18(17(20)8-2)23-24(22-14-9-11-19)21(15(3)4)16(5)6/h15-18H,7-10,12-14H2,1-6H3/t17-,18+,24?/m0/s1. The third kappa shape index (κ3) is 6.24. The molecular weight excluding hydrogens is 321 g/mol. The molecule has 1 unspecified atom stereocenters. The molecule has 0 amide bonds. The van der Waals surface area contributed by atoms with Crippen LogP contribution in [0.5, 0.6) is 0 Å². The van der Waals surface area contributed by atoms with Crippen LogP contribution in [0.15, 0.2) is 0 Å². The van der Waals surface area contributed by atoms with E-state index in [2.05, 4.69) is 57.2 Å². The lowest BCUT2D eigenvalue weighted by Crippen LogP contribution is -2.38. The van der Waals surface area contributed by atoms with E-state index >= 15 is 0 Å². The first-order valence-corrected chi connectivity index (χ1v) is 10.6. The Morgan fingerprint density at radius 2 is 1.92 bits per heavy atom. The van der Waals surface area contributed by atoms with Gasteiger partial charge in [0, 0.05) is 24.7 Å². The summed E-state index contributed by atoms with van der Waals surface area (Å²) in [6.07, 6.45) is 4.00. The van der Waals surface area contributed by atoms with Crippen LogP contribution in [0, 0.1) is 11.3 Å². The van der Waals surface area contributed by atoms with Crippen LogP contribution < -0.4 is 0 Å². The molecule has 3 atom stereocenters. The molecule has 0 aromatic carbocycles. The lowest BCUT2D eigenvalue weighted by Gasteiger charge is -2.38. The van der Waals surface area contributed by atoms with Gasteiger partial charge in [-0.25, -0.2) is 4.67 Å². The SMILES string of the molecule is CCCN1CC[C@@H](OP(OCCC#N)N(C(C)C)C(C)C)[C@@H]1CC. The Bertz CT molecular complexity index is 379. The fourth-order valence-corrected chi connectivity index (χ4v) is 5.29. The van der Waals surface area contributed by atoms with Gasteiger partial charge in [0.2, 0.25) is 0 Å². The lowest BCUT2D eigenvalue weighted by atomic mass is 10.1. The van der Waals surface area contributed by atoms with Gasteiger partial charge in [-0.05, 0) is 53.5 Å². The Balaban J connectivity index is 2.81. The zero-order valence-electron chi connectivity index (χ0n) is 16.4. The second-order valence-electron chi connectivity index (χ2n) is 6.99. The smallest absolute Gasteiger partial charge is 0.259 e. The van der Waals surface area contributed by atoms with Gasteiger partial charge in [-0.2, -0.15) is 5.26 Å². The highest BCUT2D eigenvalue weighted by molar-refractivity contribution is 7.44. The number of rotatable bonds is 11. The summed E-state index contributed by atoms with van der Waals surface area (Å²) in [4.78, 5) is 2.56. The molecule has 1 heterocycles. The van der Waals surface area contributed by atoms with Gasteiger partial charge >= 0.3 is 0 Å². The molecule has 1 saturated heterocycles. The van der Waals surface area contributed by atoms with Crippen LogP contribution in [-0.2, 0) is 9.05 Å². The molecule has 5 nitrogen and oxygen atoms in total. The second-order valence-corrected chi connectivity index (χ2v) is 8.40. The van der Waals surface area contributed by atoms with Crippen molar-refractivity contribution in [2.24, 2.45) is 0 Å². The van der Waals surface area contributed by atoms with Crippen molar-refractivity contribution in [2.75, 3.05) is 19.7 Å². The minimum atomic E-state index is -1.13. The maximum atomic E-state index is 8.81. The number of hydrogen-bond acceptors (Lipinski definition) is 5. The minimum Gasteiger partial charge on any atom is -0.321 e. The molecule has 1 aliphatic rings. The Kier molecular flexibility index (Phi) is 10.3. The van der Waals surface area contributed by atoms with Crippen molar-refractivity contribution < 1.29 is 9.05 Å². The first kappa shape index (κ1) is 21.8. The summed E-state index contributed by atoms with van der Waals surface area (Å²) < 4.78 is 14.9. The van der Waals surface area contributed by atoms with Crippen molar-refractivity contribution in [1.82, 2.24) is 9.57 Å². The molecule has 1 fully saturated rings. The van der Waals surface area contributed by atoms with Gasteiger partial charge in [0.25, 0.3) is 8.53 Å². The van der Waals surface area contributed by atoms with Gasteiger partial charge in [-0.1, -0.05) is 13.8 Å².